The minimum Gasteiger partial charge on any atom is -0.367 e. The molecule has 0 unspecified atom stereocenters. The standard InChI is InChI=1S/C20H22FN3O/c21-16-4-1-3-14(11-16)12-18-5-2-10-24(18)20(25)15-6-9-19(22-13-15)23-17-7-8-17/h1,3-4,6,9,11,13,17-18H,2,5,7-8,10,12H2,(H,22,23)/t18-/m0/s1. The number of hydrogen-bond donors (Lipinski definition) is 1. The lowest BCUT2D eigenvalue weighted by Crippen LogP contribution is -2.36. The van der Waals surface area contributed by atoms with Gasteiger partial charge in [0.1, 0.15) is 11.6 Å². The largest absolute Gasteiger partial charge is 0.367 e. The average molecular weight is 339 g/mol. The SMILES string of the molecule is O=C(c1ccc(NC2CC2)nc1)N1CCC[C@H]1Cc1cccc(F)c1. The number of hydrogen-bond acceptors (Lipinski definition) is 3. The third kappa shape index (κ3) is 3.81. The molecule has 0 radical (unpaired) electrons. The van der Waals surface area contributed by atoms with E-state index in [0.717, 1.165) is 30.8 Å². The zero-order chi connectivity index (χ0) is 17.2. The van der Waals surface area contributed by atoms with Crippen LogP contribution in [-0.2, 0) is 6.42 Å². The van der Waals surface area contributed by atoms with E-state index in [1.807, 2.05) is 23.1 Å². The van der Waals surface area contributed by atoms with E-state index in [4.69, 9.17) is 0 Å². The summed E-state index contributed by atoms with van der Waals surface area (Å²) in [6, 6.07) is 11.0. The van der Waals surface area contributed by atoms with Crippen molar-refractivity contribution in [3.05, 3.63) is 59.5 Å². The average Bonchev–Trinajstić information content (AvgIpc) is 3.31. The molecule has 1 aromatic carbocycles. The van der Waals surface area contributed by atoms with Crippen LogP contribution in [0.1, 0.15) is 41.6 Å². The first-order valence-electron chi connectivity index (χ1n) is 8.97. The Morgan fingerprint density at radius 3 is 2.84 bits per heavy atom. The maximum atomic E-state index is 13.4. The van der Waals surface area contributed by atoms with Crippen LogP contribution in [0.2, 0.25) is 0 Å². The number of benzene rings is 1. The van der Waals surface area contributed by atoms with Gasteiger partial charge < -0.3 is 10.2 Å². The van der Waals surface area contributed by atoms with Crippen LogP contribution in [0.25, 0.3) is 0 Å². The predicted octanol–water partition coefficient (Wildman–Crippen LogP) is 3.64. The molecule has 1 amide bonds. The molecule has 1 N–H and O–H groups in total. The van der Waals surface area contributed by atoms with Gasteiger partial charge in [0.25, 0.3) is 5.91 Å². The van der Waals surface area contributed by atoms with Crippen LogP contribution in [0.3, 0.4) is 0 Å². The van der Waals surface area contributed by atoms with Gasteiger partial charge in [-0.1, -0.05) is 12.1 Å². The maximum Gasteiger partial charge on any atom is 0.255 e. The molecule has 25 heavy (non-hydrogen) atoms. The van der Waals surface area contributed by atoms with Crippen molar-refractivity contribution < 1.29 is 9.18 Å². The van der Waals surface area contributed by atoms with Crippen LogP contribution in [0.4, 0.5) is 10.2 Å². The molecule has 4 nitrogen and oxygen atoms in total. The first kappa shape index (κ1) is 16.1. The lowest BCUT2D eigenvalue weighted by atomic mass is 10.0. The van der Waals surface area contributed by atoms with Gasteiger partial charge in [0, 0.05) is 24.8 Å². The van der Waals surface area contributed by atoms with Crippen molar-refractivity contribution in [3.63, 3.8) is 0 Å². The summed E-state index contributed by atoms with van der Waals surface area (Å²) in [6.07, 6.45) is 6.68. The Kier molecular flexibility index (Phi) is 4.38. The molecule has 2 aliphatic rings. The van der Waals surface area contributed by atoms with E-state index in [-0.39, 0.29) is 17.8 Å². The van der Waals surface area contributed by atoms with Crippen molar-refractivity contribution >= 4 is 11.7 Å². The van der Waals surface area contributed by atoms with Gasteiger partial charge in [0.05, 0.1) is 5.56 Å². The van der Waals surface area contributed by atoms with E-state index in [0.29, 0.717) is 18.0 Å². The second-order valence-electron chi connectivity index (χ2n) is 6.98. The predicted molar refractivity (Wildman–Crippen MR) is 95.0 cm³/mol. The molecule has 1 aliphatic carbocycles. The first-order chi connectivity index (χ1) is 12.2. The normalized spacial score (nSPS) is 19.9. The first-order valence-corrected chi connectivity index (χ1v) is 8.97. The number of halogens is 1. The molecule has 1 aromatic heterocycles. The Hall–Kier alpha value is -2.43. The number of nitrogens with zero attached hydrogens (tertiary/aromatic N) is 2. The Morgan fingerprint density at radius 2 is 2.12 bits per heavy atom. The second kappa shape index (κ2) is 6.82. The van der Waals surface area contributed by atoms with Gasteiger partial charge in [-0.25, -0.2) is 9.37 Å². The fraction of sp³-hybridized carbons (Fsp3) is 0.400. The van der Waals surface area contributed by atoms with Crippen molar-refractivity contribution in [2.24, 2.45) is 0 Å². The third-order valence-corrected chi connectivity index (χ3v) is 4.94. The number of anilines is 1. The molecule has 2 heterocycles. The Morgan fingerprint density at radius 1 is 1.24 bits per heavy atom. The van der Waals surface area contributed by atoms with Gasteiger partial charge >= 0.3 is 0 Å². The van der Waals surface area contributed by atoms with Crippen molar-refractivity contribution in [2.75, 3.05) is 11.9 Å². The summed E-state index contributed by atoms with van der Waals surface area (Å²) in [5.74, 6) is 0.623. The molecule has 1 saturated heterocycles. The smallest absolute Gasteiger partial charge is 0.255 e. The fourth-order valence-electron chi connectivity index (χ4n) is 3.46. The molecular formula is C20H22FN3O. The highest BCUT2D eigenvalue weighted by Gasteiger charge is 2.30. The summed E-state index contributed by atoms with van der Waals surface area (Å²) in [4.78, 5) is 19.1. The van der Waals surface area contributed by atoms with Crippen LogP contribution < -0.4 is 5.32 Å². The summed E-state index contributed by atoms with van der Waals surface area (Å²) in [5, 5.41) is 3.33. The van der Waals surface area contributed by atoms with E-state index >= 15 is 0 Å². The van der Waals surface area contributed by atoms with Gasteiger partial charge in [-0.2, -0.15) is 0 Å². The van der Waals surface area contributed by atoms with Crippen LogP contribution in [0.5, 0.6) is 0 Å². The Bertz CT molecular complexity index is 758. The molecular weight excluding hydrogens is 317 g/mol. The summed E-state index contributed by atoms with van der Waals surface area (Å²) in [6.45, 7) is 0.751. The van der Waals surface area contributed by atoms with Gasteiger partial charge in [0.15, 0.2) is 0 Å². The number of carbonyl (C=O) groups is 1. The van der Waals surface area contributed by atoms with Crippen molar-refractivity contribution in [2.45, 2.75) is 44.2 Å². The van der Waals surface area contributed by atoms with Gasteiger partial charge in [-0.05, 0) is 61.9 Å². The Labute approximate surface area is 147 Å². The highest BCUT2D eigenvalue weighted by molar-refractivity contribution is 5.94. The fourth-order valence-corrected chi connectivity index (χ4v) is 3.46. The van der Waals surface area contributed by atoms with E-state index in [2.05, 4.69) is 10.3 Å². The number of likely N-dealkylation sites (tertiary alicyclic amines) is 1. The molecule has 2 fully saturated rings. The van der Waals surface area contributed by atoms with Crippen molar-refractivity contribution in [3.8, 4) is 0 Å². The maximum absolute atomic E-state index is 13.4. The van der Waals surface area contributed by atoms with Crippen LogP contribution >= 0.6 is 0 Å². The number of pyridine rings is 1. The van der Waals surface area contributed by atoms with Gasteiger partial charge in [0.2, 0.25) is 0 Å². The summed E-state index contributed by atoms with van der Waals surface area (Å²) >= 11 is 0. The van der Waals surface area contributed by atoms with Gasteiger partial charge in [-0.3, -0.25) is 4.79 Å². The van der Waals surface area contributed by atoms with Crippen LogP contribution in [0, 0.1) is 5.82 Å². The monoisotopic (exact) mass is 339 g/mol. The molecule has 4 rings (SSSR count). The second-order valence-corrected chi connectivity index (χ2v) is 6.98. The molecule has 130 valence electrons. The quantitative estimate of drug-likeness (QED) is 0.904. The van der Waals surface area contributed by atoms with Crippen LogP contribution in [-0.4, -0.2) is 34.4 Å². The number of carbonyl (C=O) groups excluding carboxylic acids is 1. The lowest BCUT2D eigenvalue weighted by molar-refractivity contribution is 0.0736. The van der Waals surface area contributed by atoms with E-state index in [1.165, 1.54) is 18.9 Å². The molecule has 5 heteroatoms. The molecule has 0 bridgehead atoms. The number of nitrogens with one attached hydrogen (secondary N) is 1. The highest BCUT2D eigenvalue weighted by Crippen LogP contribution is 2.25. The molecule has 1 aliphatic heterocycles. The van der Waals surface area contributed by atoms with Crippen molar-refractivity contribution in [1.82, 2.24) is 9.88 Å². The zero-order valence-electron chi connectivity index (χ0n) is 14.1. The molecule has 1 atom stereocenters. The molecule has 0 spiro atoms. The molecule has 2 aromatic rings. The summed E-state index contributed by atoms with van der Waals surface area (Å²) < 4.78 is 13.4. The minimum atomic E-state index is -0.226. The minimum absolute atomic E-state index is 0.0179. The number of amides is 1. The van der Waals surface area contributed by atoms with Gasteiger partial charge in [-0.15, -0.1) is 0 Å². The Balaban J connectivity index is 1.44. The highest BCUT2D eigenvalue weighted by atomic mass is 19.1. The van der Waals surface area contributed by atoms with E-state index in [9.17, 15) is 9.18 Å². The number of rotatable bonds is 5. The lowest BCUT2D eigenvalue weighted by Gasteiger charge is -2.25. The number of aromatic nitrogens is 1. The van der Waals surface area contributed by atoms with Crippen molar-refractivity contribution in [1.29, 1.82) is 0 Å². The van der Waals surface area contributed by atoms with E-state index in [1.54, 1.807) is 18.3 Å². The summed E-state index contributed by atoms with van der Waals surface area (Å²) in [5.41, 5.74) is 1.55. The zero-order valence-corrected chi connectivity index (χ0v) is 14.1. The summed E-state index contributed by atoms with van der Waals surface area (Å²) in [7, 11) is 0. The third-order valence-electron chi connectivity index (χ3n) is 4.94. The molecule has 1 saturated carbocycles. The van der Waals surface area contributed by atoms with Crippen LogP contribution in [0.15, 0.2) is 42.6 Å². The van der Waals surface area contributed by atoms with E-state index < -0.39 is 0 Å². The topological polar surface area (TPSA) is 45.2 Å².